The molecule has 3 rings (SSSR count). The lowest BCUT2D eigenvalue weighted by Crippen LogP contribution is -2.00. The van der Waals surface area contributed by atoms with Crippen molar-refractivity contribution in [3.63, 3.8) is 0 Å². The summed E-state index contributed by atoms with van der Waals surface area (Å²) in [6.07, 6.45) is 2.66. The summed E-state index contributed by atoms with van der Waals surface area (Å²) in [7, 11) is 0. The van der Waals surface area contributed by atoms with Gasteiger partial charge in [-0.1, -0.05) is 29.8 Å². The second-order valence-electron chi connectivity index (χ2n) is 5.90. The highest BCUT2D eigenvalue weighted by Gasteiger charge is 2.11. The van der Waals surface area contributed by atoms with Crippen LogP contribution in [-0.2, 0) is 6.61 Å². The number of nitriles is 1. The molecule has 0 unspecified atom stereocenters. The summed E-state index contributed by atoms with van der Waals surface area (Å²) in [6, 6.07) is 15.5. The Labute approximate surface area is 185 Å². The molecule has 3 aromatic rings. The van der Waals surface area contributed by atoms with Crippen molar-refractivity contribution >= 4 is 45.3 Å². The van der Waals surface area contributed by atoms with E-state index in [0.29, 0.717) is 32.2 Å². The van der Waals surface area contributed by atoms with Crippen LogP contribution in [0, 0.1) is 21.4 Å². The smallest absolute Gasteiger partial charge is 0.287 e. The van der Waals surface area contributed by atoms with E-state index in [0.717, 1.165) is 11.8 Å². The second kappa shape index (κ2) is 9.82. The quantitative estimate of drug-likeness (QED) is 0.275. The fourth-order valence-electron chi connectivity index (χ4n) is 2.43. The number of hydrogen-bond donors (Lipinski definition) is 1. The third-order valence-electron chi connectivity index (χ3n) is 3.88. The Morgan fingerprint density at radius 3 is 2.80 bits per heavy atom. The van der Waals surface area contributed by atoms with Crippen molar-refractivity contribution in [1.29, 1.82) is 5.26 Å². The van der Waals surface area contributed by atoms with Crippen LogP contribution in [-0.4, -0.2) is 16.1 Å². The fourth-order valence-corrected chi connectivity index (χ4v) is 3.42. The van der Waals surface area contributed by atoms with Gasteiger partial charge < -0.3 is 4.74 Å². The summed E-state index contributed by atoms with van der Waals surface area (Å²) in [6.45, 7) is 0.197. The molecule has 0 spiro atoms. The van der Waals surface area contributed by atoms with Gasteiger partial charge in [-0.2, -0.15) is 10.4 Å². The molecule has 1 heterocycles. The molecule has 0 radical (unpaired) electrons. The lowest BCUT2D eigenvalue weighted by molar-refractivity contribution is -0.385. The van der Waals surface area contributed by atoms with Gasteiger partial charge >= 0.3 is 0 Å². The number of nitro groups is 1. The van der Waals surface area contributed by atoms with Crippen LogP contribution in [0.4, 0.5) is 11.5 Å². The van der Waals surface area contributed by atoms with E-state index in [2.05, 4.69) is 37.5 Å². The summed E-state index contributed by atoms with van der Waals surface area (Å²) in [5.74, 6) is 0.810. The number of ether oxygens (including phenoxy) is 1. The number of benzene rings is 2. The maximum absolute atomic E-state index is 10.6. The van der Waals surface area contributed by atoms with E-state index in [1.807, 2.05) is 12.1 Å². The predicted octanol–water partition coefficient (Wildman–Crippen LogP) is 5.30. The minimum absolute atomic E-state index is 0.103. The average Bonchev–Trinajstić information content (AvgIpc) is 2.74. The number of hydrogen-bond acceptors (Lipinski definition) is 7. The SMILES string of the molecule is N#Cc1ccccc1COc1c(Cl)cc(C=NNc2ccc([N+](=O)[O-])cn2)cc1Br. The Morgan fingerprint density at radius 1 is 1.33 bits per heavy atom. The molecule has 10 heteroatoms. The van der Waals surface area contributed by atoms with E-state index < -0.39 is 4.92 Å². The van der Waals surface area contributed by atoms with Crippen molar-refractivity contribution in [1.82, 2.24) is 4.98 Å². The standard InChI is InChI=1S/C20H13BrClN5O3/c21-17-7-13(10-25-26-19-6-5-16(11-24-19)27(28)29)8-18(22)20(17)30-12-15-4-2-1-3-14(15)9-23/h1-8,10-11H,12H2,(H,24,26). The van der Waals surface area contributed by atoms with Gasteiger partial charge in [-0.05, 0) is 45.8 Å². The van der Waals surface area contributed by atoms with Gasteiger partial charge in [0.2, 0.25) is 0 Å². The van der Waals surface area contributed by atoms with E-state index in [9.17, 15) is 10.1 Å². The maximum Gasteiger partial charge on any atom is 0.287 e. The molecule has 2 aromatic carbocycles. The number of halogens is 2. The molecule has 0 aliphatic carbocycles. The molecule has 0 atom stereocenters. The van der Waals surface area contributed by atoms with E-state index in [1.54, 1.807) is 24.3 Å². The van der Waals surface area contributed by atoms with Gasteiger partial charge in [0.05, 0.1) is 32.3 Å². The molecule has 0 saturated carbocycles. The number of pyridine rings is 1. The van der Waals surface area contributed by atoms with Crippen molar-refractivity contribution in [2.24, 2.45) is 5.10 Å². The minimum Gasteiger partial charge on any atom is -0.486 e. The van der Waals surface area contributed by atoms with Crippen LogP contribution in [0.2, 0.25) is 5.02 Å². The Bertz CT molecular complexity index is 1120. The molecular formula is C20H13BrClN5O3. The lowest BCUT2D eigenvalue weighted by Gasteiger charge is -2.12. The maximum atomic E-state index is 10.6. The van der Waals surface area contributed by atoms with Crippen LogP contribution in [0.1, 0.15) is 16.7 Å². The molecule has 1 aromatic heterocycles. The van der Waals surface area contributed by atoms with Crippen LogP contribution in [0.3, 0.4) is 0 Å². The lowest BCUT2D eigenvalue weighted by atomic mass is 10.1. The molecule has 150 valence electrons. The molecule has 0 saturated heterocycles. The topological polar surface area (TPSA) is 113 Å². The molecule has 0 amide bonds. The van der Waals surface area contributed by atoms with Crippen LogP contribution < -0.4 is 10.2 Å². The molecule has 0 aliphatic rings. The van der Waals surface area contributed by atoms with Gasteiger partial charge in [0, 0.05) is 11.6 Å². The monoisotopic (exact) mass is 485 g/mol. The largest absolute Gasteiger partial charge is 0.486 e. The van der Waals surface area contributed by atoms with Crippen molar-refractivity contribution < 1.29 is 9.66 Å². The van der Waals surface area contributed by atoms with E-state index in [4.69, 9.17) is 21.6 Å². The van der Waals surface area contributed by atoms with E-state index >= 15 is 0 Å². The van der Waals surface area contributed by atoms with Crippen molar-refractivity contribution in [2.45, 2.75) is 6.61 Å². The first-order chi connectivity index (χ1) is 14.5. The van der Waals surface area contributed by atoms with Crippen molar-refractivity contribution in [3.05, 3.63) is 91.0 Å². The number of rotatable bonds is 7. The molecule has 1 N–H and O–H groups in total. The highest BCUT2D eigenvalue weighted by Crippen LogP contribution is 2.35. The number of nitrogens with zero attached hydrogens (tertiary/aromatic N) is 4. The Balaban J connectivity index is 1.67. The van der Waals surface area contributed by atoms with Crippen LogP contribution in [0.25, 0.3) is 0 Å². The van der Waals surface area contributed by atoms with Crippen LogP contribution in [0.5, 0.6) is 5.75 Å². The first kappa shape index (κ1) is 21.2. The molecular weight excluding hydrogens is 474 g/mol. The summed E-state index contributed by atoms with van der Waals surface area (Å²) < 4.78 is 6.42. The third-order valence-corrected chi connectivity index (χ3v) is 4.75. The van der Waals surface area contributed by atoms with Crippen molar-refractivity contribution in [3.8, 4) is 11.8 Å². The molecule has 0 aliphatic heterocycles. The van der Waals surface area contributed by atoms with Gasteiger partial charge in [0.1, 0.15) is 18.6 Å². The first-order valence-corrected chi connectivity index (χ1v) is 9.64. The highest BCUT2D eigenvalue weighted by atomic mass is 79.9. The number of aromatic nitrogens is 1. The number of anilines is 1. The van der Waals surface area contributed by atoms with Gasteiger partial charge in [-0.15, -0.1) is 0 Å². The summed E-state index contributed by atoms with van der Waals surface area (Å²) in [5, 5.41) is 24.2. The second-order valence-corrected chi connectivity index (χ2v) is 7.16. The summed E-state index contributed by atoms with van der Waals surface area (Å²) in [5.41, 5.74) is 4.57. The molecule has 0 bridgehead atoms. The van der Waals surface area contributed by atoms with Gasteiger partial charge in [0.25, 0.3) is 5.69 Å². The normalized spacial score (nSPS) is 10.6. The predicted molar refractivity (Wildman–Crippen MR) is 117 cm³/mol. The first-order valence-electron chi connectivity index (χ1n) is 8.47. The van der Waals surface area contributed by atoms with E-state index in [-0.39, 0.29) is 12.3 Å². The zero-order chi connectivity index (χ0) is 21.5. The Kier molecular flexibility index (Phi) is 6.95. The summed E-state index contributed by atoms with van der Waals surface area (Å²) >= 11 is 9.77. The molecule has 30 heavy (non-hydrogen) atoms. The zero-order valence-electron chi connectivity index (χ0n) is 15.3. The number of hydrazone groups is 1. The summed E-state index contributed by atoms with van der Waals surface area (Å²) in [4.78, 5) is 14.0. The van der Waals surface area contributed by atoms with Gasteiger partial charge in [-0.25, -0.2) is 4.98 Å². The average molecular weight is 487 g/mol. The Hall–Kier alpha value is -3.48. The fraction of sp³-hybridized carbons (Fsp3) is 0.0500. The minimum atomic E-state index is -0.526. The third kappa shape index (κ3) is 5.31. The van der Waals surface area contributed by atoms with Gasteiger partial charge in [0.15, 0.2) is 5.75 Å². The molecule has 8 nitrogen and oxygen atoms in total. The zero-order valence-corrected chi connectivity index (χ0v) is 17.6. The highest BCUT2D eigenvalue weighted by molar-refractivity contribution is 9.10. The Morgan fingerprint density at radius 2 is 2.13 bits per heavy atom. The van der Waals surface area contributed by atoms with Gasteiger partial charge in [-0.3, -0.25) is 15.5 Å². The van der Waals surface area contributed by atoms with Crippen LogP contribution in [0.15, 0.2) is 64.3 Å². The van der Waals surface area contributed by atoms with Crippen LogP contribution >= 0.6 is 27.5 Å². The van der Waals surface area contributed by atoms with E-state index in [1.165, 1.54) is 18.3 Å². The number of nitrogens with one attached hydrogen (secondary N) is 1. The molecule has 0 fully saturated rings. The van der Waals surface area contributed by atoms with Crippen molar-refractivity contribution in [2.75, 3.05) is 5.43 Å².